The Bertz CT molecular complexity index is 537. The number of aryl methyl sites for hydroxylation is 1. The summed E-state index contributed by atoms with van der Waals surface area (Å²) in [6, 6.07) is 0.597. The fraction of sp³-hybridized carbons (Fsp3) is 0.647. The molecule has 3 heteroatoms. The quantitative estimate of drug-likeness (QED) is 0.835. The number of hydrogen-bond acceptors (Lipinski definition) is 3. The molecular formula is C17H23N3. The van der Waals surface area contributed by atoms with E-state index >= 15 is 0 Å². The molecule has 1 heterocycles. The molecule has 1 N–H and O–H groups in total. The molecule has 0 bridgehead atoms. The van der Waals surface area contributed by atoms with Crippen molar-refractivity contribution in [2.24, 2.45) is 11.8 Å². The van der Waals surface area contributed by atoms with Crippen LogP contribution < -0.4 is 5.32 Å². The molecule has 1 aromatic heterocycles. The molecule has 2 aliphatic carbocycles. The summed E-state index contributed by atoms with van der Waals surface area (Å²) < 4.78 is 0. The first-order valence-electron chi connectivity index (χ1n) is 7.82. The number of hydrogen-bond donors (Lipinski definition) is 1. The van der Waals surface area contributed by atoms with Gasteiger partial charge in [0.25, 0.3) is 0 Å². The zero-order valence-corrected chi connectivity index (χ0v) is 12.4. The zero-order chi connectivity index (χ0) is 13.9. The van der Waals surface area contributed by atoms with Crippen molar-refractivity contribution >= 4 is 5.82 Å². The molecule has 3 rings (SSSR count). The van der Waals surface area contributed by atoms with E-state index in [0.717, 1.165) is 23.1 Å². The molecule has 2 fully saturated rings. The minimum Gasteiger partial charge on any atom is -0.366 e. The van der Waals surface area contributed by atoms with Crippen molar-refractivity contribution in [3.63, 3.8) is 0 Å². The molecular weight excluding hydrogens is 246 g/mol. The molecule has 2 aliphatic rings. The Kier molecular flexibility index (Phi) is 3.91. The van der Waals surface area contributed by atoms with Gasteiger partial charge in [-0.15, -0.1) is 0 Å². The molecule has 1 aromatic rings. The van der Waals surface area contributed by atoms with Crippen molar-refractivity contribution in [1.29, 1.82) is 0 Å². The predicted molar refractivity (Wildman–Crippen MR) is 81.4 cm³/mol. The highest BCUT2D eigenvalue weighted by Gasteiger charge is 2.22. The second-order valence-electron chi connectivity index (χ2n) is 6.34. The molecule has 0 saturated heterocycles. The molecule has 0 amide bonds. The van der Waals surface area contributed by atoms with Crippen LogP contribution >= 0.6 is 0 Å². The summed E-state index contributed by atoms with van der Waals surface area (Å²) in [6.45, 7) is 4.26. The van der Waals surface area contributed by atoms with Crippen molar-refractivity contribution in [3.05, 3.63) is 17.6 Å². The first kappa shape index (κ1) is 13.4. The lowest BCUT2D eigenvalue weighted by Crippen LogP contribution is -2.11. The van der Waals surface area contributed by atoms with E-state index in [9.17, 15) is 0 Å². The minimum atomic E-state index is 0.550. The lowest BCUT2D eigenvalue weighted by atomic mass is 9.83. The van der Waals surface area contributed by atoms with E-state index in [-0.39, 0.29) is 0 Å². The third kappa shape index (κ3) is 3.50. The summed E-state index contributed by atoms with van der Waals surface area (Å²) in [5.41, 5.74) is 0.959. The summed E-state index contributed by atoms with van der Waals surface area (Å²) >= 11 is 0. The van der Waals surface area contributed by atoms with E-state index in [0.29, 0.717) is 12.0 Å². The van der Waals surface area contributed by atoms with Crippen molar-refractivity contribution in [1.82, 2.24) is 9.97 Å². The molecule has 3 nitrogen and oxygen atoms in total. The molecule has 0 aromatic carbocycles. The van der Waals surface area contributed by atoms with E-state index in [2.05, 4.69) is 34.0 Å². The lowest BCUT2D eigenvalue weighted by Gasteiger charge is -2.22. The maximum atomic E-state index is 4.51. The third-order valence-corrected chi connectivity index (χ3v) is 4.17. The van der Waals surface area contributed by atoms with Gasteiger partial charge in [0.2, 0.25) is 0 Å². The van der Waals surface area contributed by atoms with Crippen molar-refractivity contribution < 1.29 is 0 Å². The highest BCUT2D eigenvalue weighted by Crippen LogP contribution is 2.28. The summed E-state index contributed by atoms with van der Waals surface area (Å²) in [4.78, 5) is 8.80. The van der Waals surface area contributed by atoms with Gasteiger partial charge in [0.15, 0.2) is 0 Å². The summed E-state index contributed by atoms with van der Waals surface area (Å²) in [6.07, 6.45) is 9.53. The highest BCUT2D eigenvalue weighted by atomic mass is 15.1. The van der Waals surface area contributed by atoms with Gasteiger partial charge in [-0.3, -0.25) is 0 Å². The van der Waals surface area contributed by atoms with Crippen LogP contribution in [0.4, 0.5) is 5.82 Å². The monoisotopic (exact) mass is 269 g/mol. The molecule has 2 saturated carbocycles. The van der Waals surface area contributed by atoms with Crippen molar-refractivity contribution in [2.45, 2.75) is 58.4 Å². The SMILES string of the molecule is Cc1ncc(C#C[C@@H]2CCC[C@H](C)C2)c(NC2CC2)n1. The maximum Gasteiger partial charge on any atom is 0.145 e. The molecule has 106 valence electrons. The van der Waals surface area contributed by atoms with Gasteiger partial charge in [-0.25, -0.2) is 9.97 Å². The minimum absolute atomic E-state index is 0.550. The third-order valence-electron chi connectivity index (χ3n) is 4.17. The molecule has 20 heavy (non-hydrogen) atoms. The van der Waals surface area contributed by atoms with E-state index in [1.807, 2.05) is 13.1 Å². The second-order valence-corrected chi connectivity index (χ2v) is 6.34. The van der Waals surface area contributed by atoms with Crippen LogP contribution in [-0.2, 0) is 0 Å². The lowest BCUT2D eigenvalue weighted by molar-refractivity contribution is 0.333. The number of nitrogens with one attached hydrogen (secondary N) is 1. The van der Waals surface area contributed by atoms with Gasteiger partial charge in [0, 0.05) is 18.2 Å². The van der Waals surface area contributed by atoms with Crippen LogP contribution in [0.2, 0.25) is 0 Å². The summed E-state index contributed by atoms with van der Waals surface area (Å²) in [5.74, 6) is 9.89. The van der Waals surface area contributed by atoms with Crippen LogP contribution in [0.3, 0.4) is 0 Å². The highest BCUT2D eigenvalue weighted by molar-refractivity contribution is 5.54. The number of rotatable bonds is 2. The van der Waals surface area contributed by atoms with Crippen LogP contribution in [0.25, 0.3) is 0 Å². The Morgan fingerprint density at radius 2 is 2.10 bits per heavy atom. The maximum absolute atomic E-state index is 4.51. The summed E-state index contributed by atoms with van der Waals surface area (Å²) in [7, 11) is 0. The second kappa shape index (κ2) is 5.83. The van der Waals surface area contributed by atoms with Crippen molar-refractivity contribution in [3.8, 4) is 11.8 Å². The largest absolute Gasteiger partial charge is 0.366 e. The smallest absolute Gasteiger partial charge is 0.145 e. The van der Waals surface area contributed by atoms with E-state index in [4.69, 9.17) is 0 Å². The van der Waals surface area contributed by atoms with Crippen LogP contribution in [0.1, 0.15) is 56.8 Å². The van der Waals surface area contributed by atoms with Crippen LogP contribution in [0.5, 0.6) is 0 Å². The average molecular weight is 269 g/mol. The number of aromatic nitrogens is 2. The standard InChI is InChI=1S/C17H23N3/c1-12-4-3-5-14(10-12)6-7-15-11-18-13(2)19-17(15)20-16-8-9-16/h11-12,14,16H,3-5,8-10H2,1-2H3,(H,18,19,20)/t12-,14-/m0/s1. The molecule has 2 atom stereocenters. The predicted octanol–water partition coefficient (Wildman–Crippen LogP) is 3.54. The zero-order valence-electron chi connectivity index (χ0n) is 12.4. The Hall–Kier alpha value is -1.56. The van der Waals surface area contributed by atoms with Gasteiger partial charge in [0.1, 0.15) is 11.6 Å². The van der Waals surface area contributed by atoms with Gasteiger partial charge in [-0.2, -0.15) is 0 Å². The van der Waals surface area contributed by atoms with Crippen LogP contribution in [-0.4, -0.2) is 16.0 Å². The molecule has 0 radical (unpaired) electrons. The first-order valence-corrected chi connectivity index (χ1v) is 7.82. The molecule has 0 aliphatic heterocycles. The van der Waals surface area contributed by atoms with E-state index in [1.54, 1.807) is 0 Å². The number of anilines is 1. The normalized spacial score (nSPS) is 25.7. The fourth-order valence-electron chi connectivity index (χ4n) is 2.84. The van der Waals surface area contributed by atoms with Gasteiger partial charge in [-0.05, 0) is 38.5 Å². The Morgan fingerprint density at radius 1 is 1.25 bits per heavy atom. The Morgan fingerprint density at radius 3 is 2.85 bits per heavy atom. The molecule has 0 unspecified atom stereocenters. The first-order chi connectivity index (χ1) is 9.70. The van der Waals surface area contributed by atoms with E-state index < -0.39 is 0 Å². The topological polar surface area (TPSA) is 37.8 Å². The Balaban J connectivity index is 1.75. The van der Waals surface area contributed by atoms with Gasteiger partial charge in [-0.1, -0.05) is 31.6 Å². The molecule has 0 spiro atoms. The summed E-state index contributed by atoms with van der Waals surface area (Å²) in [5, 5.41) is 3.47. The fourth-order valence-corrected chi connectivity index (χ4v) is 2.84. The van der Waals surface area contributed by atoms with Crippen molar-refractivity contribution in [2.75, 3.05) is 5.32 Å². The number of nitrogens with zero attached hydrogens (tertiary/aromatic N) is 2. The van der Waals surface area contributed by atoms with Gasteiger partial charge < -0.3 is 5.32 Å². The Labute approximate surface area is 121 Å². The average Bonchev–Trinajstić information content (AvgIpc) is 3.22. The van der Waals surface area contributed by atoms with E-state index in [1.165, 1.54) is 38.5 Å². The van der Waals surface area contributed by atoms with Gasteiger partial charge in [0.05, 0.1) is 5.56 Å². The van der Waals surface area contributed by atoms with Crippen LogP contribution in [0, 0.1) is 30.6 Å². The van der Waals surface area contributed by atoms with Gasteiger partial charge >= 0.3 is 0 Å². The van der Waals surface area contributed by atoms with Crippen LogP contribution in [0.15, 0.2) is 6.20 Å².